The van der Waals surface area contributed by atoms with Crippen LogP contribution in [0.15, 0.2) is 24.3 Å². The SMILES string of the molecule is CC(C(=O)Nc1cc([N+](=O)[O-])ccc1O)n1nc(C(F)(F)F)cc1C1CC1. The first-order chi connectivity index (χ1) is 12.6. The van der Waals surface area contributed by atoms with E-state index >= 15 is 0 Å². The molecule has 1 fully saturated rings. The zero-order chi connectivity index (χ0) is 19.9. The molecule has 0 spiro atoms. The Morgan fingerprint density at radius 3 is 2.63 bits per heavy atom. The molecule has 144 valence electrons. The van der Waals surface area contributed by atoms with E-state index in [-0.39, 0.29) is 17.3 Å². The minimum atomic E-state index is -4.64. The topological polar surface area (TPSA) is 110 Å². The predicted molar refractivity (Wildman–Crippen MR) is 87.3 cm³/mol. The van der Waals surface area contributed by atoms with Crippen molar-refractivity contribution < 1.29 is 28.0 Å². The minimum Gasteiger partial charge on any atom is -0.506 e. The normalized spacial score (nSPS) is 15.4. The van der Waals surface area contributed by atoms with Gasteiger partial charge >= 0.3 is 6.18 Å². The highest BCUT2D eigenvalue weighted by molar-refractivity contribution is 5.95. The first-order valence-corrected chi connectivity index (χ1v) is 8.03. The smallest absolute Gasteiger partial charge is 0.435 e. The van der Waals surface area contributed by atoms with E-state index in [1.807, 2.05) is 0 Å². The third-order valence-corrected chi connectivity index (χ3v) is 4.25. The lowest BCUT2D eigenvalue weighted by Gasteiger charge is -2.16. The van der Waals surface area contributed by atoms with Crippen LogP contribution in [0.3, 0.4) is 0 Å². The van der Waals surface area contributed by atoms with E-state index in [2.05, 4.69) is 10.4 Å². The van der Waals surface area contributed by atoms with Crippen LogP contribution in [0, 0.1) is 10.1 Å². The number of carbonyl (C=O) groups is 1. The van der Waals surface area contributed by atoms with Crippen LogP contribution in [0.5, 0.6) is 5.75 Å². The summed E-state index contributed by atoms with van der Waals surface area (Å²) in [7, 11) is 0. The van der Waals surface area contributed by atoms with Crippen LogP contribution in [-0.2, 0) is 11.0 Å². The van der Waals surface area contributed by atoms with Crippen LogP contribution in [0.2, 0.25) is 0 Å². The molecule has 1 aromatic carbocycles. The van der Waals surface area contributed by atoms with Crippen molar-refractivity contribution in [2.24, 2.45) is 0 Å². The van der Waals surface area contributed by atoms with Gasteiger partial charge in [-0.05, 0) is 31.9 Å². The number of hydrogen-bond donors (Lipinski definition) is 2. The van der Waals surface area contributed by atoms with Gasteiger partial charge in [0.15, 0.2) is 5.69 Å². The van der Waals surface area contributed by atoms with Crippen molar-refractivity contribution in [2.75, 3.05) is 5.32 Å². The zero-order valence-electron chi connectivity index (χ0n) is 14.0. The monoisotopic (exact) mass is 384 g/mol. The number of aromatic hydroxyl groups is 1. The number of phenolic OH excluding ortho intramolecular Hbond substituents is 1. The number of nitro groups is 1. The van der Waals surface area contributed by atoms with E-state index in [1.54, 1.807) is 0 Å². The van der Waals surface area contributed by atoms with E-state index in [0.717, 1.165) is 28.9 Å². The number of non-ortho nitro benzene ring substituents is 1. The van der Waals surface area contributed by atoms with Gasteiger partial charge in [0.1, 0.15) is 11.8 Å². The summed E-state index contributed by atoms with van der Waals surface area (Å²) in [6, 6.07) is 2.89. The molecular weight excluding hydrogens is 369 g/mol. The second kappa shape index (κ2) is 6.56. The second-order valence-electron chi connectivity index (χ2n) is 6.29. The van der Waals surface area contributed by atoms with Gasteiger partial charge in [0.25, 0.3) is 5.69 Å². The van der Waals surface area contributed by atoms with E-state index < -0.39 is 34.5 Å². The van der Waals surface area contributed by atoms with E-state index in [4.69, 9.17) is 0 Å². The number of phenols is 1. The highest BCUT2D eigenvalue weighted by atomic mass is 19.4. The Kier molecular flexibility index (Phi) is 4.54. The van der Waals surface area contributed by atoms with E-state index in [9.17, 15) is 33.2 Å². The fourth-order valence-electron chi connectivity index (χ4n) is 2.63. The van der Waals surface area contributed by atoms with Crippen molar-refractivity contribution in [3.8, 4) is 5.75 Å². The second-order valence-corrected chi connectivity index (χ2v) is 6.29. The average Bonchev–Trinajstić information content (AvgIpc) is 3.32. The standard InChI is InChI=1S/C16H15F3N4O4/c1-8(15(25)20-11-6-10(23(26)27)4-5-13(11)24)22-12(9-2-3-9)7-14(21-22)16(17,18)19/h4-9,24H,2-3H2,1H3,(H,20,25). The summed E-state index contributed by atoms with van der Waals surface area (Å²) in [5.74, 6) is -1.25. The molecule has 11 heteroatoms. The number of nitrogens with zero attached hydrogens (tertiary/aromatic N) is 3. The van der Waals surface area contributed by atoms with Crippen LogP contribution in [-0.4, -0.2) is 25.7 Å². The molecule has 2 aromatic rings. The number of rotatable bonds is 5. The fraction of sp³-hybridized carbons (Fsp3) is 0.375. The van der Waals surface area contributed by atoms with Gasteiger partial charge in [-0.1, -0.05) is 0 Å². The number of halogens is 3. The fourth-order valence-corrected chi connectivity index (χ4v) is 2.63. The van der Waals surface area contributed by atoms with Crippen LogP contribution in [0.1, 0.15) is 43.1 Å². The quantitative estimate of drug-likeness (QED) is 0.465. The molecule has 27 heavy (non-hydrogen) atoms. The Hall–Kier alpha value is -3.11. The number of benzene rings is 1. The van der Waals surface area contributed by atoms with Gasteiger partial charge in [0.2, 0.25) is 5.91 Å². The summed E-state index contributed by atoms with van der Waals surface area (Å²) in [4.78, 5) is 22.6. The number of amides is 1. The Morgan fingerprint density at radius 1 is 1.41 bits per heavy atom. The van der Waals surface area contributed by atoms with Gasteiger partial charge in [-0.25, -0.2) is 0 Å². The molecule has 0 saturated heterocycles. The Balaban J connectivity index is 1.87. The Bertz CT molecular complexity index is 906. The molecule has 1 aliphatic carbocycles. The maximum absolute atomic E-state index is 13.0. The maximum atomic E-state index is 13.0. The molecule has 0 radical (unpaired) electrons. The molecule has 0 aliphatic heterocycles. The Labute approximate surface area is 150 Å². The number of nitrogens with one attached hydrogen (secondary N) is 1. The zero-order valence-corrected chi connectivity index (χ0v) is 14.0. The average molecular weight is 384 g/mol. The highest BCUT2D eigenvalue weighted by Gasteiger charge is 2.39. The third kappa shape index (κ3) is 3.86. The molecule has 1 unspecified atom stereocenters. The summed E-state index contributed by atoms with van der Waals surface area (Å²) in [5, 5.41) is 26.4. The molecule has 1 heterocycles. The molecule has 3 rings (SSSR count). The van der Waals surface area contributed by atoms with Gasteiger partial charge in [0.05, 0.1) is 10.6 Å². The molecule has 1 atom stereocenters. The van der Waals surface area contributed by atoms with Crippen molar-refractivity contribution in [3.63, 3.8) is 0 Å². The number of aromatic nitrogens is 2. The molecule has 2 N–H and O–H groups in total. The van der Waals surface area contributed by atoms with Crippen molar-refractivity contribution in [1.29, 1.82) is 0 Å². The van der Waals surface area contributed by atoms with Crippen LogP contribution >= 0.6 is 0 Å². The summed E-state index contributed by atoms with van der Waals surface area (Å²) >= 11 is 0. The first-order valence-electron chi connectivity index (χ1n) is 8.03. The molecule has 0 bridgehead atoms. The summed E-state index contributed by atoms with van der Waals surface area (Å²) in [6.45, 7) is 1.36. The van der Waals surface area contributed by atoms with Gasteiger partial charge in [-0.15, -0.1) is 0 Å². The third-order valence-electron chi connectivity index (χ3n) is 4.25. The summed E-state index contributed by atoms with van der Waals surface area (Å²) in [6.07, 6.45) is -3.21. The van der Waals surface area contributed by atoms with Crippen LogP contribution in [0.25, 0.3) is 0 Å². The molecule has 1 amide bonds. The van der Waals surface area contributed by atoms with Crippen molar-refractivity contribution in [1.82, 2.24) is 9.78 Å². The Morgan fingerprint density at radius 2 is 2.07 bits per heavy atom. The van der Waals surface area contributed by atoms with Gasteiger partial charge in [-0.3, -0.25) is 19.6 Å². The van der Waals surface area contributed by atoms with Gasteiger partial charge in [-0.2, -0.15) is 18.3 Å². The maximum Gasteiger partial charge on any atom is 0.435 e. The lowest BCUT2D eigenvalue weighted by Crippen LogP contribution is -2.26. The predicted octanol–water partition coefficient (Wildman–Crippen LogP) is 3.59. The van der Waals surface area contributed by atoms with E-state index in [1.165, 1.54) is 6.92 Å². The highest BCUT2D eigenvalue weighted by Crippen LogP contribution is 2.43. The summed E-state index contributed by atoms with van der Waals surface area (Å²) < 4.78 is 39.9. The largest absolute Gasteiger partial charge is 0.506 e. The van der Waals surface area contributed by atoms with Gasteiger partial charge < -0.3 is 10.4 Å². The minimum absolute atomic E-state index is 0.0879. The molecule has 1 aliphatic rings. The lowest BCUT2D eigenvalue weighted by molar-refractivity contribution is -0.384. The van der Waals surface area contributed by atoms with Crippen molar-refractivity contribution in [3.05, 3.63) is 45.8 Å². The van der Waals surface area contributed by atoms with Crippen molar-refractivity contribution >= 4 is 17.3 Å². The summed E-state index contributed by atoms with van der Waals surface area (Å²) in [5.41, 5.74) is -1.33. The number of anilines is 1. The molecule has 1 saturated carbocycles. The lowest BCUT2D eigenvalue weighted by atomic mass is 10.2. The number of carbonyl (C=O) groups excluding carboxylic acids is 1. The van der Waals surface area contributed by atoms with Crippen LogP contribution < -0.4 is 5.32 Å². The molecule has 8 nitrogen and oxygen atoms in total. The molecular formula is C16H15F3N4O4. The number of nitro benzene ring substituents is 1. The van der Waals surface area contributed by atoms with Crippen molar-refractivity contribution in [2.45, 2.75) is 37.9 Å². The first kappa shape index (κ1) is 18.7. The number of hydrogen-bond acceptors (Lipinski definition) is 5. The molecule has 1 aromatic heterocycles. The van der Waals surface area contributed by atoms with E-state index in [0.29, 0.717) is 18.5 Å². The van der Waals surface area contributed by atoms with Gasteiger partial charge in [0, 0.05) is 23.7 Å². The van der Waals surface area contributed by atoms with Crippen LogP contribution in [0.4, 0.5) is 24.5 Å². The number of alkyl halides is 3.